The van der Waals surface area contributed by atoms with Crippen LogP contribution < -0.4 is 5.32 Å². The fourth-order valence-electron chi connectivity index (χ4n) is 8.15. The van der Waals surface area contributed by atoms with Crippen molar-refractivity contribution in [1.29, 1.82) is 0 Å². The quantitative estimate of drug-likeness (QED) is 0.0322. The molecule has 60 heavy (non-hydrogen) atoms. The Morgan fingerprint density at radius 2 is 0.867 bits per heavy atom. The summed E-state index contributed by atoms with van der Waals surface area (Å²) in [6.07, 6.45) is 58.6. The van der Waals surface area contributed by atoms with Crippen LogP contribution in [0.5, 0.6) is 0 Å². The molecule has 0 fully saturated rings. The minimum atomic E-state index is -0.667. The number of esters is 1. The molecule has 0 aliphatic carbocycles. The van der Waals surface area contributed by atoms with Gasteiger partial charge in [-0.2, -0.15) is 0 Å². The molecule has 0 aromatic heterocycles. The van der Waals surface area contributed by atoms with E-state index in [0.717, 1.165) is 51.4 Å². The molecule has 0 aromatic rings. The molecule has 0 aliphatic rings. The molecule has 0 spiro atoms. The summed E-state index contributed by atoms with van der Waals surface area (Å²) in [6.45, 7) is 4.87. The zero-order valence-electron chi connectivity index (χ0n) is 40.2. The SMILES string of the molecule is CCC/C=C\C/C=C\CCCCCCCC(=O)OCCCCCCCCCCCCCCCCCCCC(=O)NC(CO)C(O)CCCCCCCCCCCCCCC. The van der Waals surface area contributed by atoms with Crippen molar-refractivity contribution in [3.63, 3.8) is 0 Å². The number of hydrogen-bond acceptors (Lipinski definition) is 5. The van der Waals surface area contributed by atoms with Crippen LogP contribution in [0.15, 0.2) is 24.3 Å². The Hall–Kier alpha value is -1.66. The van der Waals surface area contributed by atoms with Crippen LogP contribution in [0, 0.1) is 0 Å². The van der Waals surface area contributed by atoms with Gasteiger partial charge in [0.05, 0.1) is 25.4 Å². The summed E-state index contributed by atoms with van der Waals surface area (Å²) in [5.41, 5.74) is 0. The van der Waals surface area contributed by atoms with Crippen molar-refractivity contribution in [3.05, 3.63) is 24.3 Å². The highest BCUT2D eigenvalue weighted by molar-refractivity contribution is 5.76. The second-order valence-electron chi connectivity index (χ2n) is 18.2. The lowest BCUT2D eigenvalue weighted by Gasteiger charge is -2.22. The number of unbranched alkanes of at least 4 members (excludes halogenated alkanes) is 34. The summed E-state index contributed by atoms with van der Waals surface area (Å²) in [6, 6.07) is -0.545. The Morgan fingerprint density at radius 1 is 0.467 bits per heavy atom. The zero-order chi connectivity index (χ0) is 43.7. The molecular weight excluding hydrogens is 743 g/mol. The predicted octanol–water partition coefficient (Wildman–Crippen LogP) is 15.9. The Balaban J connectivity index is 3.42. The predicted molar refractivity (Wildman–Crippen MR) is 260 cm³/mol. The number of aliphatic hydroxyl groups excluding tert-OH is 2. The number of rotatable bonds is 49. The zero-order valence-corrected chi connectivity index (χ0v) is 40.2. The molecule has 0 bridgehead atoms. The van der Waals surface area contributed by atoms with E-state index in [1.807, 2.05) is 0 Å². The lowest BCUT2D eigenvalue weighted by molar-refractivity contribution is -0.143. The van der Waals surface area contributed by atoms with Crippen LogP contribution in [0.2, 0.25) is 0 Å². The minimum absolute atomic E-state index is 0.0101. The second-order valence-corrected chi connectivity index (χ2v) is 18.2. The van der Waals surface area contributed by atoms with E-state index >= 15 is 0 Å². The third-order valence-electron chi connectivity index (χ3n) is 12.2. The average molecular weight is 846 g/mol. The van der Waals surface area contributed by atoms with Gasteiger partial charge in [-0.15, -0.1) is 0 Å². The van der Waals surface area contributed by atoms with E-state index in [2.05, 4.69) is 43.5 Å². The maximum Gasteiger partial charge on any atom is 0.305 e. The van der Waals surface area contributed by atoms with Crippen molar-refractivity contribution in [2.24, 2.45) is 0 Å². The number of hydrogen-bond donors (Lipinski definition) is 3. The summed E-state index contributed by atoms with van der Waals surface area (Å²) in [5.74, 6) is -0.0508. The largest absolute Gasteiger partial charge is 0.466 e. The summed E-state index contributed by atoms with van der Waals surface area (Å²) >= 11 is 0. The van der Waals surface area contributed by atoms with Crippen LogP contribution in [-0.4, -0.2) is 47.4 Å². The van der Waals surface area contributed by atoms with E-state index in [9.17, 15) is 19.8 Å². The number of allylic oxidation sites excluding steroid dienone is 4. The van der Waals surface area contributed by atoms with Gasteiger partial charge in [-0.1, -0.05) is 244 Å². The van der Waals surface area contributed by atoms with Crippen LogP contribution >= 0.6 is 0 Å². The van der Waals surface area contributed by atoms with Gasteiger partial charge in [0.1, 0.15) is 0 Å². The van der Waals surface area contributed by atoms with Crippen molar-refractivity contribution in [2.75, 3.05) is 13.2 Å². The molecule has 0 aromatic carbocycles. The molecule has 0 rings (SSSR count). The van der Waals surface area contributed by atoms with E-state index in [0.29, 0.717) is 25.9 Å². The summed E-state index contributed by atoms with van der Waals surface area (Å²) in [5, 5.41) is 23.2. The normalized spacial score (nSPS) is 12.8. The molecule has 0 aliphatic heterocycles. The topological polar surface area (TPSA) is 95.9 Å². The average Bonchev–Trinajstić information content (AvgIpc) is 3.25. The molecule has 6 heteroatoms. The van der Waals surface area contributed by atoms with Gasteiger partial charge in [-0.05, 0) is 51.4 Å². The number of aliphatic hydroxyl groups is 2. The first-order valence-electron chi connectivity index (χ1n) is 26.6. The number of carbonyl (C=O) groups is 2. The minimum Gasteiger partial charge on any atom is -0.466 e. The van der Waals surface area contributed by atoms with Gasteiger partial charge < -0.3 is 20.3 Å². The smallest absolute Gasteiger partial charge is 0.305 e. The summed E-state index contributed by atoms with van der Waals surface area (Å²) < 4.78 is 5.45. The highest BCUT2D eigenvalue weighted by Gasteiger charge is 2.20. The molecule has 354 valence electrons. The van der Waals surface area contributed by atoms with Crippen molar-refractivity contribution in [1.82, 2.24) is 5.32 Å². The number of carbonyl (C=O) groups excluding carboxylic acids is 2. The number of ether oxygens (including phenoxy) is 1. The fraction of sp³-hybridized carbons (Fsp3) is 0.889. The van der Waals surface area contributed by atoms with E-state index < -0.39 is 12.1 Å². The summed E-state index contributed by atoms with van der Waals surface area (Å²) in [4.78, 5) is 24.4. The molecule has 1 amide bonds. The first-order valence-corrected chi connectivity index (χ1v) is 26.6. The van der Waals surface area contributed by atoms with Crippen molar-refractivity contribution in [3.8, 4) is 0 Å². The Morgan fingerprint density at radius 3 is 1.33 bits per heavy atom. The van der Waals surface area contributed by atoms with E-state index in [1.54, 1.807) is 0 Å². The Bertz CT molecular complexity index is 935. The van der Waals surface area contributed by atoms with Gasteiger partial charge in [0.25, 0.3) is 0 Å². The van der Waals surface area contributed by atoms with Crippen LogP contribution in [0.25, 0.3) is 0 Å². The van der Waals surface area contributed by atoms with E-state index in [-0.39, 0.29) is 18.5 Å². The van der Waals surface area contributed by atoms with Crippen LogP contribution in [0.3, 0.4) is 0 Å². The highest BCUT2D eigenvalue weighted by atomic mass is 16.5. The van der Waals surface area contributed by atoms with Crippen LogP contribution in [-0.2, 0) is 14.3 Å². The van der Waals surface area contributed by atoms with Gasteiger partial charge >= 0.3 is 5.97 Å². The molecule has 2 atom stereocenters. The lowest BCUT2D eigenvalue weighted by Crippen LogP contribution is -2.45. The van der Waals surface area contributed by atoms with E-state index in [4.69, 9.17) is 4.74 Å². The molecule has 0 saturated carbocycles. The molecule has 6 nitrogen and oxygen atoms in total. The van der Waals surface area contributed by atoms with Crippen molar-refractivity contribution in [2.45, 2.75) is 296 Å². The third kappa shape index (κ3) is 45.9. The second kappa shape index (κ2) is 50.0. The standard InChI is InChI=1S/C54H103NO5/c1-3-5-7-9-11-13-15-22-26-30-34-38-42-46-52(57)51(50-56)55-53(58)47-43-39-35-31-27-24-20-18-17-19-21-25-29-33-37-41-45-49-60-54(59)48-44-40-36-32-28-23-16-14-12-10-8-6-4-2/h8,10,14,16,51-52,56-57H,3-7,9,11-13,15,17-50H2,1-2H3,(H,55,58)/b10-8-,16-14-. The molecule has 3 N–H and O–H groups in total. The van der Waals surface area contributed by atoms with Crippen molar-refractivity contribution < 1.29 is 24.5 Å². The number of amides is 1. The molecular formula is C54H103NO5. The van der Waals surface area contributed by atoms with Crippen molar-refractivity contribution >= 4 is 11.9 Å². The monoisotopic (exact) mass is 846 g/mol. The van der Waals surface area contributed by atoms with Gasteiger partial charge in [0, 0.05) is 12.8 Å². The summed E-state index contributed by atoms with van der Waals surface area (Å²) in [7, 11) is 0. The first-order chi connectivity index (χ1) is 29.5. The van der Waals surface area contributed by atoms with Crippen LogP contribution in [0.4, 0.5) is 0 Å². The molecule has 0 heterocycles. The lowest BCUT2D eigenvalue weighted by atomic mass is 10.0. The van der Waals surface area contributed by atoms with Gasteiger partial charge in [0.2, 0.25) is 5.91 Å². The Kier molecular flexibility index (Phi) is 48.6. The van der Waals surface area contributed by atoms with Gasteiger partial charge in [-0.25, -0.2) is 0 Å². The highest BCUT2D eigenvalue weighted by Crippen LogP contribution is 2.17. The third-order valence-corrected chi connectivity index (χ3v) is 12.2. The maximum atomic E-state index is 12.4. The molecule has 0 radical (unpaired) electrons. The first kappa shape index (κ1) is 58.3. The van der Waals surface area contributed by atoms with Crippen LogP contribution in [0.1, 0.15) is 284 Å². The maximum absolute atomic E-state index is 12.4. The fourth-order valence-corrected chi connectivity index (χ4v) is 8.15. The molecule has 2 unspecified atom stereocenters. The molecule has 0 saturated heterocycles. The number of nitrogens with one attached hydrogen (secondary N) is 1. The van der Waals surface area contributed by atoms with E-state index in [1.165, 1.54) is 199 Å². The Labute approximate surface area is 373 Å². The van der Waals surface area contributed by atoms with Gasteiger partial charge in [-0.3, -0.25) is 9.59 Å². The van der Waals surface area contributed by atoms with Gasteiger partial charge in [0.15, 0.2) is 0 Å².